The van der Waals surface area contributed by atoms with Gasteiger partial charge in [0.1, 0.15) is 0 Å². The second-order valence-corrected chi connectivity index (χ2v) is 8.93. The smallest absolute Gasteiger partial charge is 0.208 e. The Morgan fingerprint density at radius 3 is 1.91 bits per heavy atom. The van der Waals surface area contributed by atoms with E-state index >= 15 is 0 Å². The fraction of sp³-hybridized carbons (Fsp3) is 0. The predicted octanol–water partition coefficient (Wildman–Crippen LogP) is 7.89. The molecule has 4 aromatic carbocycles. The van der Waals surface area contributed by atoms with Gasteiger partial charge in [0.15, 0.2) is 11.6 Å². The highest BCUT2D eigenvalue weighted by atomic mass is 35.5. The topological polar surface area (TPSA) is 38.7 Å². The van der Waals surface area contributed by atoms with Crippen LogP contribution in [0.3, 0.4) is 0 Å². The molecule has 0 N–H and O–H groups in total. The van der Waals surface area contributed by atoms with Crippen molar-refractivity contribution in [3.8, 4) is 33.9 Å². The molecule has 0 radical (unpaired) electrons. The average Bonchev–Trinajstić information content (AvgIpc) is 3.22. The third-order valence-corrected chi connectivity index (χ3v) is 6.80. The number of rotatable bonds is 3. The Balaban J connectivity index is 1.40. The summed E-state index contributed by atoms with van der Waals surface area (Å²) >= 11 is 8.07. The van der Waals surface area contributed by atoms with Crippen LogP contribution in [0.2, 0.25) is 5.28 Å². The number of hydrogen-bond acceptors (Lipinski definition) is 4. The lowest BCUT2D eigenvalue weighted by atomic mass is 10.0. The highest BCUT2D eigenvalue weighted by molar-refractivity contribution is 7.25. The highest BCUT2D eigenvalue weighted by Crippen LogP contribution is 2.36. The van der Waals surface area contributed by atoms with E-state index in [2.05, 4.69) is 76.7 Å². The van der Waals surface area contributed by atoms with Gasteiger partial charge in [0, 0.05) is 31.3 Å². The van der Waals surface area contributed by atoms with E-state index in [9.17, 15) is 0 Å². The van der Waals surface area contributed by atoms with E-state index in [1.165, 1.54) is 25.7 Å². The normalized spacial score (nSPS) is 11.3. The number of nitrogens with zero attached hydrogens (tertiary/aromatic N) is 3. The van der Waals surface area contributed by atoms with E-state index in [0.717, 1.165) is 16.7 Å². The molecule has 6 rings (SSSR count). The molecule has 2 heterocycles. The molecule has 0 fully saturated rings. The maximum atomic E-state index is 6.30. The summed E-state index contributed by atoms with van der Waals surface area (Å²) in [6, 6.07) is 33.2. The Kier molecular flexibility index (Phi) is 4.67. The zero-order valence-electron chi connectivity index (χ0n) is 16.9. The molecular formula is C27H16ClN3S. The Labute approximate surface area is 194 Å². The molecule has 0 unspecified atom stereocenters. The zero-order valence-corrected chi connectivity index (χ0v) is 18.4. The van der Waals surface area contributed by atoms with Crippen LogP contribution in [0.5, 0.6) is 0 Å². The maximum Gasteiger partial charge on any atom is 0.226 e. The summed E-state index contributed by atoms with van der Waals surface area (Å²) in [7, 11) is 0. The van der Waals surface area contributed by atoms with Crippen LogP contribution >= 0.6 is 22.9 Å². The minimum Gasteiger partial charge on any atom is -0.208 e. The standard InChI is InChI=1S/C27H16ClN3S/c28-27-30-25(19-12-10-18(11-13-19)17-6-2-1-3-7-17)29-26(31-27)20-14-15-22-21-8-4-5-9-23(21)32-24(22)16-20/h1-16H. The molecule has 3 nitrogen and oxygen atoms in total. The van der Waals surface area contributed by atoms with Crippen molar-refractivity contribution in [3.05, 3.63) is 102 Å². The van der Waals surface area contributed by atoms with Gasteiger partial charge < -0.3 is 0 Å². The van der Waals surface area contributed by atoms with Gasteiger partial charge in [-0.2, -0.15) is 9.97 Å². The lowest BCUT2D eigenvalue weighted by molar-refractivity contribution is 1.07. The summed E-state index contributed by atoms with van der Waals surface area (Å²) < 4.78 is 2.47. The number of benzene rings is 4. The van der Waals surface area contributed by atoms with Crippen molar-refractivity contribution < 1.29 is 0 Å². The summed E-state index contributed by atoms with van der Waals surface area (Å²) in [5, 5.41) is 2.70. The monoisotopic (exact) mass is 449 g/mol. The third-order valence-electron chi connectivity index (χ3n) is 5.50. The minimum atomic E-state index is 0.188. The van der Waals surface area contributed by atoms with Gasteiger partial charge in [0.2, 0.25) is 5.28 Å². The Morgan fingerprint density at radius 1 is 0.500 bits per heavy atom. The van der Waals surface area contributed by atoms with Crippen LogP contribution in [0.25, 0.3) is 54.1 Å². The maximum absolute atomic E-state index is 6.30. The van der Waals surface area contributed by atoms with Crippen molar-refractivity contribution in [2.24, 2.45) is 0 Å². The van der Waals surface area contributed by atoms with Gasteiger partial charge in [-0.1, -0.05) is 84.9 Å². The first-order chi connectivity index (χ1) is 15.7. The molecule has 0 bridgehead atoms. The first-order valence-electron chi connectivity index (χ1n) is 10.2. The van der Waals surface area contributed by atoms with Gasteiger partial charge >= 0.3 is 0 Å². The largest absolute Gasteiger partial charge is 0.226 e. The minimum absolute atomic E-state index is 0.188. The van der Waals surface area contributed by atoms with Gasteiger partial charge in [0.05, 0.1) is 0 Å². The van der Waals surface area contributed by atoms with Crippen molar-refractivity contribution in [2.45, 2.75) is 0 Å². The van der Waals surface area contributed by atoms with Crippen LogP contribution in [0.4, 0.5) is 0 Å². The molecule has 32 heavy (non-hydrogen) atoms. The van der Waals surface area contributed by atoms with Crippen molar-refractivity contribution in [1.82, 2.24) is 15.0 Å². The number of halogens is 1. The molecule has 0 spiro atoms. The van der Waals surface area contributed by atoms with E-state index in [1.807, 2.05) is 30.3 Å². The number of hydrogen-bond donors (Lipinski definition) is 0. The second-order valence-electron chi connectivity index (χ2n) is 7.50. The van der Waals surface area contributed by atoms with Gasteiger partial charge in [-0.3, -0.25) is 0 Å². The first-order valence-corrected chi connectivity index (χ1v) is 11.4. The molecular weight excluding hydrogens is 434 g/mol. The SMILES string of the molecule is Clc1nc(-c2ccc(-c3ccccc3)cc2)nc(-c2ccc3c(c2)sc2ccccc23)n1. The number of fused-ring (bicyclic) bond motifs is 3. The van der Waals surface area contributed by atoms with Gasteiger partial charge in [-0.25, -0.2) is 4.98 Å². The third kappa shape index (κ3) is 3.44. The quantitative estimate of drug-likeness (QED) is 0.275. The van der Waals surface area contributed by atoms with Crippen LogP contribution in [-0.2, 0) is 0 Å². The molecule has 0 saturated carbocycles. The van der Waals surface area contributed by atoms with Crippen molar-refractivity contribution >= 4 is 43.1 Å². The summed E-state index contributed by atoms with van der Waals surface area (Å²) in [5.74, 6) is 1.14. The Bertz CT molecular complexity index is 1570. The number of thiophene rings is 1. The predicted molar refractivity (Wildman–Crippen MR) is 134 cm³/mol. The van der Waals surface area contributed by atoms with E-state index in [-0.39, 0.29) is 5.28 Å². The summed E-state index contributed by atoms with van der Waals surface area (Å²) in [4.78, 5) is 13.5. The van der Waals surface area contributed by atoms with Gasteiger partial charge in [-0.15, -0.1) is 11.3 Å². The average molecular weight is 450 g/mol. The molecule has 0 aliphatic heterocycles. The lowest BCUT2D eigenvalue weighted by Gasteiger charge is -2.07. The lowest BCUT2D eigenvalue weighted by Crippen LogP contribution is -1.97. The summed E-state index contributed by atoms with van der Waals surface area (Å²) in [5.41, 5.74) is 4.14. The summed E-state index contributed by atoms with van der Waals surface area (Å²) in [6.07, 6.45) is 0. The van der Waals surface area contributed by atoms with E-state index < -0.39 is 0 Å². The molecule has 0 aliphatic carbocycles. The van der Waals surface area contributed by atoms with Gasteiger partial charge in [0.25, 0.3) is 0 Å². The van der Waals surface area contributed by atoms with E-state index in [0.29, 0.717) is 11.6 Å². The van der Waals surface area contributed by atoms with Crippen molar-refractivity contribution in [1.29, 1.82) is 0 Å². The molecule has 6 aromatic rings. The molecule has 0 atom stereocenters. The van der Waals surface area contributed by atoms with Crippen molar-refractivity contribution in [2.75, 3.05) is 0 Å². The van der Waals surface area contributed by atoms with Crippen LogP contribution in [0.15, 0.2) is 97.1 Å². The van der Waals surface area contributed by atoms with Crippen LogP contribution in [0.1, 0.15) is 0 Å². The Morgan fingerprint density at radius 2 is 1.09 bits per heavy atom. The summed E-state index contributed by atoms with van der Waals surface area (Å²) in [6.45, 7) is 0. The molecule has 152 valence electrons. The van der Waals surface area contributed by atoms with Gasteiger partial charge in [-0.05, 0) is 34.9 Å². The van der Waals surface area contributed by atoms with Crippen LogP contribution in [0, 0.1) is 0 Å². The molecule has 0 saturated heterocycles. The number of aromatic nitrogens is 3. The van der Waals surface area contributed by atoms with Crippen molar-refractivity contribution in [3.63, 3.8) is 0 Å². The molecule has 0 amide bonds. The fourth-order valence-corrected chi connectivity index (χ4v) is 5.22. The molecule has 0 aliphatic rings. The van der Waals surface area contributed by atoms with E-state index in [1.54, 1.807) is 11.3 Å². The zero-order chi connectivity index (χ0) is 21.5. The Hall–Kier alpha value is -3.60. The molecule has 2 aromatic heterocycles. The second kappa shape index (κ2) is 7.83. The van der Waals surface area contributed by atoms with Crippen LogP contribution < -0.4 is 0 Å². The molecule has 5 heteroatoms. The van der Waals surface area contributed by atoms with E-state index in [4.69, 9.17) is 16.6 Å². The highest BCUT2D eigenvalue weighted by Gasteiger charge is 2.12. The van der Waals surface area contributed by atoms with Crippen LogP contribution in [-0.4, -0.2) is 15.0 Å². The fourth-order valence-electron chi connectivity index (χ4n) is 3.92. The first kappa shape index (κ1) is 19.1.